The fourth-order valence-corrected chi connectivity index (χ4v) is 1.11. The summed E-state index contributed by atoms with van der Waals surface area (Å²) < 4.78 is 10.4. The van der Waals surface area contributed by atoms with Gasteiger partial charge >= 0.3 is 0 Å². The van der Waals surface area contributed by atoms with Gasteiger partial charge in [-0.25, -0.2) is 0 Å². The molecular formula is C11H17NO3. The van der Waals surface area contributed by atoms with Crippen LogP contribution < -0.4 is 15.2 Å². The predicted octanol–water partition coefficient (Wildman–Crippen LogP) is 1.43. The van der Waals surface area contributed by atoms with Crippen molar-refractivity contribution in [3.63, 3.8) is 0 Å². The average molecular weight is 211 g/mol. The quantitative estimate of drug-likeness (QED) is 0.723. The molecule has 0 aliphatic rings. The highest BCUT2D eigenvalue weighted by atomic mass is 16.5. The van der Waals surface area contributed by atoms with Crippen LogP contribution >= 0.6 is 0 Å². The molecule has 0 spiro atoms. The number of hydrogen-bond acceptors (Lipinski definition) is 4. The Hall–Kier alpha value is -1.42. The average Bonchev–Trinajstić information content (AvgIpc) is 2.26. The van der Waals surface area contributed by atoms with Crippen LogP contribution in [0.2, 0.25) is 0 Å². The first-order valence-electron chi connectivity index (χ1n) is 4.91. The molecule has 84 valence electrons. The smallest absolute Gasteiger partial charge is 0.142 e. The molecule has 1 aromatic rings. The molecule has 0 amide bonds. The molecule has 1 atom stereocenters. The van der Waals surface area contributed by atoms with Gasteiger partial charge in [0.1, 0.15) is 18.1 Å². The van der Waals surface area contributed by atoms with Gasteiger partial charge in [-0.2, -0.15) is 0 Å². The molecule has 0 heterocycles. The molecule has 0 radical (unpaired) electrons. The fraction of sp³-hybridized carbons (Fsp3) is 0.455. The number of ether oxygens (including phenoxy) is 2. The van der Waals surface area contributed by atoms with Gasteiger partial charge in [-0.1, -0.05) is 6.92 Å². The maximum absolute atomic E-state index is 9.31. The van der Waals surface area contributed by atoms with Gasteiger partial charge in [0, 0.05) is 6.07 Å². The second-order valence-electron chi connectivity index (χ2n) is 3.28. The Bertz CT molecular complexity index is 315. The molecular weight excluding hydrogens is 194 g/mol. The lowest BCUT2D eigenvalue weighted by molar-refractivity contribution is 0.104. The van der Waals surface area contributed by atoms with E-state index < -0.39 is 6.10 Å². The Morgan fingerprint density at radius 2 is 2.20 bits per heavy atom. The van der Waals surface area contributed by atoms with Gasteiger partial charge in [0.15, 0.2) is 0 Å². The van der Waals surface area contributed by atoms with Gasteiger partial charge in [-0.05, 0) is 18.6 Å². The van der Waals surface area contributed by atoms with Crippen LogP contribution in [-0.4, -0.2) is 24.9 Å². The molecule has 0 saturated heterocycles. The molecule has 0 saturated carbocycles. The zero-order chi connectivity index (χ0) is 11.3. The van der Waals surface area contributed by atoms with Crippen molar-refractivity contribution >= 4 is 5.69 Å². The van der Waals surface area contributed by atoms with E-state index in [1.165, 1.54) is 0 Å². The Morgan fingerprint density at radius 3 is 2.73 bits per heavy atom. The minimum absolute atomic E-state index is 0.280. The summed E-state index contributed by atoms with van der Waals surface area (Å²) in [7, 11) is 1.56. The number of aliphatic hydroxyl groups is 1. The fourth-order valence-electron chi connectivity index (χ4n) is 1.11. The third-order valence-electron chi connectivity index (χ3n) is 2.11. The second-order valence-corrected chi connectivity index (χ2v) is 3.28. The normalized spacial score (nSPS) is 12.2. The molecule has 15 heavy (non-hydrogen) atoms. The first kappa shape index (κ1) is 11.7. The van der Waals surface area contributed by atoms with E-state index in [-0.39, 0.29) is 6.61 Å². The Kier molecular flexibility index (Phi) is 4.24. The van der Waals surface area contributed by atoms with Gasteiger partial charge in [0.05, 0.1) is 18.9 Å². The standard InChI is InChI=1S/C11H17NO3/c1-3-8(13)7-15-9-4-5-11(14-2)10(12)6-9/h4-6,8,13H,3,7,12H2,1-2H3. The molecule has 0 aromatic heterocycles. The summed E-state index contributed by atoms with van der Waals surface area (Å²) in [5.41, 5.74) is 6.23. The predicted molar refractivity (Wildman–Crippen MR) is 59.2 cm³/mol. The van der Waals surface area contributed by atoms with E-state index in [0.29, 0.717) is 23.6 Å². The highest BCUT2D eigenvalue weighted by molar-refractivity contribution is 5.56. The summed E-state index contributed by atoms with van der Waals surface area (Å²) in [5, 5.41) is 9.31. The zero-order valence-electron chi connectivity index (χ0n) is 9.06. The van der Waals surface area contributed by atoms with Crippen molar-refractivity contribution in [2.45, 2.75) is 19.4 Å². The van der Waals surface area contributed by atoms with Crippen LogP contribution in [0, 0.1) is 0 Å². The summed E-state index contributed by atoms with van der Waals surface area (Å²) in [6.07, 6.45) is 0.236. The molecule has 0 fully saturated rings. The lowest BCUT2D eigenvalue weighted by Crippen LogP contribution is -2.16. The summed E-state index contributed by atoms with van der Waals surface area (Å²) in [6, 6.07) is 5.18. The van der Waals surface area contributed by atoms with Gasteiger partial charge in [-0.3, -0.25) is 0 Å². The maximum atomic E-state index is 9.31. The van der Waals surface area contributed by atoms with Crippen molar-refractivity contribution < 1.29 is 14.6 Å². The summed E-state index contributed by atoms with van der Waals surface area (Å²) in [5.74, 6) is 1.26. The van der Waals surface area contributed by atoms with Crippen molar-refractivity contribution in [1.82, 2.24) is 0 Å². The number of aliphatic hydroxyl groups excluding tert-OH is 1. The van der Waals surface area contributed by atoms with E-state index in [9.17, 15) is 5.11 Å². The van der Waals surface area contributed by atoms with Crippen molar-refractivity contribution in [3.05, 3.63) is 18.2 Å². The topological polar surface area (TPSA) is 64.7 Å². The second kappa shape index (κ2) is 5.46. The number of anilines is 1. The molecule has 0 aliphatic carbocycles. The molecule has 4 nitrogen and oxygen atoms in total. The largest absolute Gasteiger partial charge is 0.495 e. The van der Waals surface area contributed by atoms with Crippen LogP contribution in [0.1, 0.15) is 13.3 Å². The summed E-state index contributed by atoms with van der Waals surface area (Å²) in [6.45, 7) is 2.18. The Balaban J connectivity index is 2.59. The molecule has 3 N–H and O–H groups in total. The number of benzene rings is 1. The maximum Gasteiger partial charge on any atom is 0.142 e. The number of methoxy groups -OCH3 is 1. The number of nitrogen functional groups attached to an aromatic ring is 1. The highest BCUT2D eigenvalue weighted by Crippen LogP contribution is 2.25. The van der Waals surface area contributed by atoms with E-state index in [4.69, 9.17) is 15.2 Å². The summed E-state index contributed by atoms with van der Waals surface area (Å²) >= 11 is 0. The molecule has 1 aromatic carbocycles. The van der Waals surface area contributed by atoms with E-state index in [0.717, 1.165) is 0 Å². The lowest BCUT2D eigenvalue weighted by atomic mass is 10.2. The molecule has 0 bridgehead atoms. The number of hydrogen-bond donors (Lipinski definition) is 2. The van der Waals surface area contributed by atoms with Crippen molar-refractivity contribution in [2.75, 3.05) is 19.5 Å². The van der Waals surface area contributed by atoms with Gasteiger partial charge < -0.3 is 20.3 Å². The van der Waals surface area contributed by atoms with E-state index in [2.05, 4.69) is 0 Å². The monoisotopic (exact) mass is 211 g/mol. The van der Waals surface area contributed by atoms with Gasteiger partial charge in [0.25, 0.3) is 0 Å². The van der Waals surface area contributed by atoms with E-state index >= 15 is 0 Å². The van der Waals surface area contributed by atoms with Crippen LogP contribution in [0.5, 0.6) is 11.5 Å². The SMILES string of the molecule is CCC(O)COc1ccc(OC)c(N)c1. The van der Waals surface area contributed by atoms with Crippen LogP contribution in [0.15, 0.2) is 18.2 Å². The highest BCUT2D eigenvalue weighted by Gasteiger charge is 2.04. The number of rotatable bonds is 5. The van der Waals surface area contributed by atoms with Gasteiger partial charge in [0.2, 0.25) is 0 Å². The molecule has 0 aliphatic heterocycles. The summed E-state index contributed by atoms with van der Waals surface area (Å²) in [4.78, 5) is 0. The van der Waals surface area contributed by atoms with Gasteiger partial charge in [-0.15, -0.1) is 0 Å². The first-order chi connectivity index (χ1) is 7.17. The molecule has 4 heteroatoms. The van der Waals surface area contributed by atoms with Crippen LogP contribution in [-0.2, 0) is 0 Å². The number of nitrogens with two attached hydrogens (primary N) is 1. The third-order valence-corrected chi connectivity index (χ3v) is 2.11. The third kappa shape index (κ3) is 3.32. The van der Waals surface area contributed by atoms with Crippen LogP contribution in [0.25, 0.3) is 0 Å². The van der Waals surface area contributed by atoms with Crippen molar-refractivity contribution in [3.8, 4) is 11.5 Å². The minimum Gasteiger partial charge on any atom is -0.495 e. The van der Waals surface area contributed by atoms with E-state index in [1.807, 2.05) is 6.92 Å². The molecule has 1 unspecified atom stereocenters. The van der Waals surface area contributed by atoms with Crippen molar-refractivity contribution in [1.29, 1.82) is 0 Å². The Labute approximate surface area is 89.6 Å². The van der Waals surface area contributed by atoms with E-state index in [1.54, 1.807) is 25.3 Å². The van der Waals surface area contributed by atoms with Crippen LogP contribution in [0.3, 0.4) is 0 Å². The zero-order valence-corrected chi connectivity index (χ0v) is 9.06. The van der Waals surface area contributed by atoms with Crippen LogP contribution in [0.4, 0.5) is 5.69 Å². The lowest BCUT2D eigenvalue weighted by Gasteiger charge is -2.11. The van der Waals surface area contributed by atoms with Crippen molar-refractivity contribution in [2.24, 2.45) is 0 Å². The first-order valence-corrected chi connectivity index (χ1v) is 4.91. The Morgan fingerprint density at radius 1 is 1.47 bits per heavy atom. The minimum atomic E-state index is -0.437. The molecule has 1 rings (SSSR count).